The lowest BCUT2D eigenvalue weighted by molar-refractivity contribution is -0.385. The first-order valence-electron chi connectivity index (χ1n) is 7.44. The number of carbonyl (C=O) groups excluding carboxylic acids is 1. The Bertz CT molecular complexity index is 1020. The zero-order valence-corrected chi connectivity index (χ0v) is 16.6. The Hall–Kier alpha value is -2.49. The second-order valence-electron chi connectivity index (χ2n) is 5.20. The van der Waals surface area contributed by atoms with E-state index in [0.717, 1.165) is 11.8 Å². The van der Waals surface area contributed by atoms with Gasteiger partial charge in [-0.2, -0.15) is 5.10 Å². The lowest BCUT2D eigenvalue weighted by atomic mass is 10.2. The van der Waals surface area contributed by atoms with E-state index in [-0.39, 0.29) is 11.6 Å². The Balaban J connectivity index is 1.77. The number of thioether (sulfide) groups is 1. The average molecular weight is 466 g/mol. The number of hydrogen-bond acceptors (Lipinski definition) is 6. The van der Waals surface area contributed by atoms with Crippen LogP contribution < -0.4 is 5.32 Å². The monoisotopic (exact) mass is 464 g/mol. The zero-order chi connectivity index (χ0) is 19.4. The molecule has 7 nitrogen and oxygen atoms in total. The Kier molecular flexibility index (Phi) is 6.04. The van der Waals surface area contributed by atoms with Gasteiger partial charge in [0.25, 0.3) is 11.6 Å². The van der Waals surface area contributed by atoms with Crippen LogP contribution in [-0.2, 0) is 4.79 Å². The molecule has 0 unspecified atom stereocenters. The minimum Gasteiger partial charge on any atom is -0.299 e. The molecule has 0 radical (unpaired) electrons. The summed E-state index contributed by atoms with van der Waals surface area (Å²) < 4.78 is 0.370. The van der Waals surface area contributed by atoms with Crippen LogP contribution in [0, 0.1) is 10.1 Å². The Labute approximate surface area is 171 Å². The molecule has 1 aliphatic rings. The van der Waals surface area contributed by atoms with E-state index >= 15 is 0 Å². The molecule has 1 aliphatic heterocycles. The van der Waals surface area contributed by atoms with Crippen LogP contribution in [0.2, 0.25) is 5.02 Å². The standard InChI is InChI=1S/C17H10BrClN4O3S/c18-12-6-5-10(7-14(12)23(25)26)8-15-16(24)21-17(27-15)22-20-9-11-3-1-2-4-13(11)19/h1-9H,(H,21,22,24). The van der Waals surface area contributed by atoms with Gasteiger partial charge in [0.15, 0.2) is 5.17 Å². The predicted molar refractivity (Wildman–Crippen MR) is 111 cm³/mol. The molecule has 0 aromatic heterocycles. The molecule has 10 heteroatoms. The number of nitro groups is 1. The molecule has 2 aromatic rings. The van der Waals surface area contributed by atoms with E-state index in [9.17, 15) is 14.9 Å². The number of halogens is 2. The van der Waals surface area contributed by atoms with Crippen LogP contribution in [0.15, 0.2) is 62.0 Å². The van der Waals surface area contributed by atoms with Gasteiger partial charge in [0.05, 0.1) is 20.5 Å². The van der Waals surface area contributed by atoms with Crippen molar-refractivity contribution in [3.8, 4) is 0 Å². The number of nitrogens with zero attached hydrogens (tertiary/aromatic N) is 3. The van der Waals surface area contributed by atoms with E-state index in [4.69, 9.17) is 11.6 Å². The van der Waals surface area contributed by atoms with Crippen molar-refractivity contribution in [3.63, 3.8) is 0 Å². The summed E-state index contributed by atoms with van der Waals surface area (Å²) >= 11 is 10.2. The van der Waals surface area contributed by atoms with Crippen molar-refractivity contribution in [1.82, 2.24) is 5.32 Å². The van der Waals surface area contributed by atoms with Gasteiger partial charge in [-0.05, 0) is 51.5 Å². The van der Waals surface area contributed by atoms with Crippen molar-refractivity contribution in [3.05, 3.63) is 78.1 Å². The number of nitrogens with one attached hydrogen (secondary N) is 1. The number of hydrogen-bond donors (Lipinski definition) is 1. The number of carbonyl (C=O) groups is 1. The van der Waals surface area contributed by atoms with Crippen LogP contribution in [0.25, 0.3) is 6.08 Å². The topological polar surface area (TPSA) is 97.0 Å². The van der Waals surface area contributed by atoms with Crippen molar-refractivity contribution >= 4 is 68.3 Å². The molecule has 0 bridgehead atoms. The molecular formula is C17H10BrClN4O3S. The maximum absolute atomic E-state index is 12.1. The van der Waals surface area contributed by atoms with E-state index in [1.54, 1.807) is 30.3 Å². The summed E-state index contributed by atoms with van der Waals surface area (Å²) in [5, 5.41) is 22.3. The molecule has 1 heterocycles. The second-order valence-corrected chi connectivity index (χ2v) is 7.50. The van der Waals surface area contributed by atoms with E-state index in [0.29, 0.717) is 30.7 Å². The molecule has 1 amide bonds. The van der Waals surface area contributed by atoms with Gasteiger partial charge in [0.2, 0.25) is 0 Å². The van der Waals surface area contributed by atoms with Gasteiger partial charge >= 0.3 is 0 Å². The summed E-state index contributed by atoms with van der Waals surface area (Å²) in [5.74, 6) is -0.350. The molecule has 136 valence electrons. The SMILES string of the molecule is O=C1N/C(=N\N=Cc2ccccc2Cl)SC1=Cc1ccc(Br)c([N+](=O)[O-])c1. The molecule has 0 spiro atoms. The third-order valence-corrected chi connectivity index (χ3v) is 5.28. The van der Waals surface area contributed by atoms with Crippen molar-refractivity contribution in [2.75, 3.05) is 0 Å². The van der Waals surface area contributed by atoms with Crippen LogP contribution in [0.3, 0.4) is 0 Å². The smallest absolute Gasteiger partial charge is 0.284 e. The Morgan fingerprint density at radius 1 is 1.26 bits per heavy atom. The number of amides is 1. The van der Waals surface area contributed by atoms with E-state index in [1.165, 1.54) is 12.3 Å². The first-order valence-corrected chi connectivity index (χ1v) is 9.43. The van der Waals surface area contributed by atoms with Gasteiger partial charge in [-0.15, -0.1) is 5.10 Å². The van der Waals surface area contributed by atoms with Gasteiger partial charge in [-0.1, -0.05) is 35.9 Å². The number of amidine groups is 1. The summed E-state index contributed by atoms with van der Waals surface area (Å²) in [6.45, 7) is 0. The molecule has 1 fully saturated rings. The van der Waals surface area contributed by atoms with Crippen LogP contribution in [0.4, 0.5) is 5.69 Å². The Morgan fingerprint density at radius 3 is 2.78 bits per heavy atom. The van der Waals surface area contributed by atoms with Gasteiger partial charge in [-0.3, -0.25) is 20.2 Å². The fourth-order valence-corrected chi connectivity index (χ4v) is 3.46. The molecule has 0 aliphatic carbocycles. The van der Waals surface area contributed by atoms with Crippen molar-refractivity contribution < 1.29 is 9.72 Å². The molecular weight excluding hydrogens is 456 g/mol. The number of nitro benzene ring substituents is 1. The van der Waals surface area contributed by atoms with Gasteiger partial charge in [-0.25, -0.2) is 0 Å². The summed E-state index contributed by atoms with van der Waals surface area (Å²) in [6, 6.07) is 11.8. The Morgan fingerprint density at radius 2 is 2.04 bits per heavy atom. The maximum Gasteiger partial charge on any atom is 0.284 e. The van der Waals surface area contributed by atoms with Crippen LogP contribution >= 0.6 is 39.3 Å². The quantitative estimate of drug-likeness (QED) is 0.309. The minimum absolute atomic E-state index is 0.0778. The summed E-state index contributed by atoms with van der Waals surface area (Å²) in [5.41, 5.74) is 1.16. The van der Waals surface area contributed by atoms with Crippen LogP contribution in [-0.4, -0.2) is 22.2 Å². The first-order chi connectivity index (χ1) is 12.9. The highest BCUT2D eigenvalue weighted by molar-refractivity contribution is 9.10. The zero-order valence-electron chi connectivity index (χ0n) is 13.4. The predicted octanol–water partition coefficient (Wildman–Crippen LogP) is 4.60. The number of rotatable bonds is 4. The van der Waals surface area contributed by atoms with E-state index in [1.807, 2.05) is 12.1 Å². The van der Waals surface area contributed by atoms with Crippen LogP contribution in [0.1, 0.15) is 11.1 Å². The summed E-state index contributed by atoms with van der Waals surface area (Å²) in [4.78, 5) is 22.9. The highest BCUT2D eigenvalue weighted by atomic mass is 79.9. The van der Waals surface area contributed by atoms with E-state index < -0.39 is 4.92 Å². The molecule has 27 heavy (non-hydrogen) atoms. The van der Waals surface area contributed by atoms with Gasteiger partial charge in [0, 0.05) is 16.7 Å². The summed E-state index contributed by atoms with van der Waals surface area (Å²) in [7, 11) is 0. The molecule has 3 rings (SSSR count). The average Bonchev–Trinajstić information content (AvgIpc) is 2.97. The second kappa shape index (κ2) is 8.47. The lowest BCUT2D eigenvalue weighted by Gasteiger charge is -1.98. The van der Waals surface area contributed by atoms with Gasteiger partial charge < -0.3 is 0 Å². The minimum atomic E-state index is -0.496. The summed E-state index contributed by atoms with van der Waals surface area (Å²) in [6.07, 6.45) is 3.04. The van der Waals surface area contributed by atoms with Crippen molar-refractivity contribution in [2.24, 2.45) is 10.2 Å². The van der Waals surface area contributed by atoms with Crippen molar-refractivity contribution in [1.29, 1.82) is 0 Å². The molecule has 1 N–H and O–H groups in total. The highest BCUT2D eigenvalue weighted by Crippen LogP contribution is 2.30. The largest absolute Gasteiger partial charge is 0.299 e. The fourth-order valence-electron chi connectivity index (χ4n) is 2.11. The van der Waals surface area contributed by atoms with Crippen molar-refractivity contribution in [2.45, 2.75) is 0 Å². The van der Waals surface area contributed by atoms with Crippen LogP contribution in [0.5, 0.6) is 0 Å². The third-order valence-electron chi connectivity index (χ3n) is 3.37. The van der Waals surface area contributed by atoms with E-state index in [2.05, 4.69) is 31.4 Å². The third kappa shape index (κ3) is 4.82. The highest BCUT2D eigenvalue weighted by Gasteiger charge is 2.24. The lowest BCUT2D eigenvalue weighted by Crippen LogP contribution is -2.19. The molecule has 0 atom stereocenters. The molecule has 0 saturated carbocycles. The first kappa shape index (κ1) is 19.3. The molecule has 1 saturated heterocycles. The maximum atomic E-state index is 12.1. The fraction of sp³-hybridized carbons (Fsp3) is 0. The molecule has 2 aromatic carbocycles. The number of benzene rings is 2. The van der Waals surface area contributed by atoms with Gasteiger partial charge in [0.1, 0.15) is 0 Å². The normalized spacial score (nSPS) is 17.0.